The van der Waals surface area contributed by atoms with Crippen molar-refractivity contribution in [2.24, 2.45) is 0 Å². The average molecular weight is 427 g/mol. The molecule has 2 aromatic heterocycles. The van der Waals surface area contributed by atoms with E-state index in [1.165, 1.54) is 18.3 Å². The highest BCUT2D eigenvalue weighted by Gasteiger charge is 2.25. The number of sulfone groups is 1. The summed E-state index contributed by atoms with van der Waals surface area (Å²) in [5, 5.41) is 6.51. The van der Waals surface area contributed by atoms with Crippen molar-refractivity contribution in [3.8, 4) is 0 Å². The number of nitrogens with one attached hydrogen (secondary N) is 1. The molecule has 0 aliphatic heterocycles. The maximum atomic E-state index is 14.1. The lowest BCUT2D eigenvalue weighted by Gasteiger charge is -2.06. The number of hydrogen-bond acceptors (Lipinski definition) is 5. The van der Waals surface area contributed by atoms with Gasteiger partial charge >= 0.3 is 0 Å². The molecule has 0 saturated heterocycles. The van der Waals surface area contributed by atoms with Crippen LogP contribution in [0, 0.1) is 12.7 Å². The molecule has 0 unspecified atom stereocenters. The summed E-state index contributed by atoms with van der Waals surface area (Å²) in [6.07, 6.45) is 1.44. The summed E-state index contributed by atoms with van der Waals surface area (Å²) in [7, 11) is -3.97. The number of anilines is 1. The Morgan fingerprint density at radius 3 is 2.63 bits per heavy atom. The number of benzene rings is 2. The highest BCUT2D eigenvalue weighted by atomic mass is 32.2. The molecule has 9 heteroatoms. The predicted octanol–water partition coefficient (Wildman–Crippen LogP) is 3.54. The monoisotopic (exact) mass is 427 g/mol. The van der Waals surface area contributed by atoms with Gasteiger partial charge in [0.05, 0.1) is 11.4 Å². The largest absolute Gasteiger partial charge is 0.360 e. The van der Waals surface area contributed by atoms with E-state index in [-0.39, 0.29) is 23.1 Å². The van der Waals surface area contributed by atoms with Crippen molar-refractivity contribution in [3.05, 3.63) is 77.9 Å². The Bertz CT molecular complexity index is 1340. The number of amides is 1. The van der Waals surface area contributed by atoms with Crippen LogP contribution >= 0.6 is 0 Å². The number of aryl methyl sites for hydroxylation is 1. The normalized spacial score (nSPS) is 11.7. The summed E-state index contributed by atoms with van der Waals surface area (Å²) in [5.41, 5.74) is 1.06. The van der Waals surface area contributed by atoms with Gasteiger partial charge in [-0.15, -0.1) is 0 Å². The molecule has 0 spiro atoms. The summed E-state index contributed by atoms with van der Waals surface area (Å²) in [6.45, 7) is 1.82. The molecule has 154 valence electrons. The molecule has 0 bridgehead atoms. The van der Waals surface area contributed by atoms with E-state index < -0.39 is 21.5 Å². The molecule has 2 heterocycles. The molecule has 0 atom stereocenters. The molecule has 7 nitrogen and oxygen atoms in total. The second kappa shape index (κ2) is 7.75. The minimum atomic E-state index is -3.97. The Kier molecular flexibility index (Phi) is 5.13. The van der Waals surface area contributed by atoms with E-state index in [1.807, 2.05) is 0 Å². The molecule has 1 amide bonds. The zero-order chi connectivity index (χ0) is 21.3. The first-order valence-electron chi connectivity index (χ1n) is 9.11. The molecule has 0 aliphatic carbocycles. The molecule has 30 heavy (non-hydrogen) atoms. The van der Waals surface area contributed by atoms with Gasteiger partial charge in [-0.05, 0) is 19.1 Å². The zero-order valence-corrected chi connectivity index (χ0v) is 16.8. The highest BCUT2D eigenvalue weighted by molar-refractivity contribution is 7.92. The van der Waals surface area contributed by atoms with Gasteiger partial charge < -0.3 is 14.4 Å². The SMILES string of the molecule is Cc1cc(NC(=O)CS(=O)(=O)c2cn(Cc3ccccc3F)c3ccccc23)no1. The summed E-state index contributed by atoms with van der Waals surface area (Å²) in [5.74, 6) is -1.22. The van der Waals surface area contributed by atoms with Crippen molar-refractivity contribution in [1.29, 1.82) is 0 Å². The number of para-hydroxylation sites is 1. The fourth-order valence-electron chi connectivity index (χ4n) is 3.26. The molecule has 0 fully saturated rings. The predicted molar refractivity (Wildman–Crippen MR) is 109 cm³/mol. The number of rotatable bonds is 6. The minimum absolute atomic E-state index is 0.0147. The smallest absolute Gasteiger partial charge is 0.241 e. The zero-order valence-electron chi connectivity index (χ0n) is 16.0. The van der Waals surface area contributed by atoms with Gasteiger partial charge in [0, 0.05) is 28.7 Å². The van der Waals surface area contributed by atoms with E-state index in [9.17, 15) is 17.6 Å². The van der Waals surface area contributed by atoms with Crippen LogP contribution in [-0.4, -0.2) is 29.8 Å². The van der Waals surface area contributed by atoms with Crippen molar-refractivity contribution >= 4 is 32.5 Å². The fraction of sp³-hybridized carbons (Fsp3) is 0.143. The Balaban J connectivity index is 1.66. The van der Waals surface area contributed by atoms with Crippen LogP contribution in [0.2, 0.25) is 0 Å². The van der Waals surface area contributed by atoms with Crippen molar-refractivity contribution in [1.82, 2.24) is 9.72 Å². The van der Waals surface area contributed by atoms with Crippen molar-refractivity contribution in [3.63, 3.8) is 0 Å². The number of nitrogens with zero attached hydrogens (tertiary/aromatic N) is 2. The van der Waals surface area contributed by atoms with Crippen LogP contribution in [0.15, 0.2) is 70.2 Å². The van der Waals surface area contributed by atoms with E-state index in [0.717, 1.165) is 0 Å². The standard InChI is InChI=1S/C21H18FN3O4S/c1-14-10-20(24-29-14)23-21(26)13-30(27,28)19-12-25(18-9-5-3-7-16(18)19)11-15-6-2-4-8-17(15)22/h2-10,12H,11,13H2,1H3,(H,23,24,26). The molecular formula is C21H18FN3O4S. The van der Waals surface area contributed by atoms with E-state index in [0.29, 0.717) is 22.2 Å². The second-order valence-electron chi connectivity index (χ2n) is 6.86. The second-order valence-corrected chi connectivity index (χ2v) is 8.82. The first kappa shape index (κ1) is 19.8. The fourth-order valence-corrected chi connectivity index (χ4v) is 4.62. The molecule has 0 saturated carbocycles. The van der Waals surface area contributed by atoms with Gasteiger partial charge in [0.2, 0.25) is 5.91 Å². The molecule has 2 aromatic carbocycles. The number of carbonyl (C=O) groups excluding carboxylic acids is 1. The average Bonchev–Trinajstić information content (AvgIpc) is 3.27. The first-order valence-corrected chi connectivity index (χ1v) is 10.8. The number of aromatic nitrogens is 2. The van der Waals surface area contributed by atoms with E-state index in [4.69, 9.17) is 4.52 Å². The van der Waals surface area contributed by atoms with Crippen molar-refractivity contribution in [2.45, 2.75) is 18.4 Å². The van der Waals surface area contributed by atoms with Crippen LogP contribution in [-0.2, 0) is 21.2 Å². The van der Waals surface area contributed by atoms with Crippen LogP contribution < -0.4 is 5.32 Å². The van der Waals surface area contributed by atoms with Crippen LogP contribution in [0.3, 0.4) is 0 Å². The Labute approximate surface area is 172 Å². The number of halogens is 1. The van der Waals surface area contributed by atoms with Gasteiger partial charge in [-0.1, -0.05) is 41.6 Å². The summed E-state index contributed by atoms with van der Waals surface area (Å²) in [6, 6.07) is 14.7. The quantitative estimate of drug-likeness (QED) is 0.508. The number of hydrogen-bond donors (Lipinski definition) is 1. The van der Waals surface area contributed by atoms with Crippen LogP contribution in [0.4, 0.5) is 10.2 Å². The number of carbonyl (C=O) groups is 1. The Morgan fingerprint density at radius 2 is 1.90 bits per heavy atom. The van der Waals surface area contributed by atoms with Gasteiger partial charge in [-0.3, -0.25) is 4.79 Å². The minimum Gasteiger partial charge on any atom is -0.360 e. The lowest BCUT2D eigenvalue weighted by atomic mass is 10.2. The van der Waals surface area contributed by atoms with E-state index in [2.05, 4.69) is 10.5 Å². The Hall–Kier alpha value is -3.46. The summed E-state index contributed by atoms with van der Waals surface area (Å²) < 4.78 is 46.6. The topological polar surface area (TPSA) is 94.2 Å². The third-order valence-electron chi connectivity index (χ3n) is 4.60. The molecule has 0 radical (unpaired) electrons. The maximum absolute atomic E-state index is 14.1. The van der Waals surface area contributed by atoms with Crippen molar-refractivity contribution < 1.29 is 22.1 Å². The lowest BCUT2D eigenvalue weighted by Crippen LogP contribution is -2.23. The van der Waals surface area contributed by atoms with Crippen LogP contribution in [0.25, 0.3) is 10.9 Å². The third-order valence-corrected chi connectivity index (χ3v) is 6.24. The van der Waals surface area contributed by atoms with E-state index >= 15 is 0 Å². The molecule has 0 aliphatic rings. The molecule has 1 N–H and O–H groups in total. The molecule has 4 aromatic rings. The van der Waals surface area contributed by atoms with E-state index in [1.54, 1.807) is 54.0 Å². The summed E-state index contributed by atoms with van der Waals surface area (Å²) in [4.78, 5) is 12.3. The van der Waals surface area contributed by atoms with Gasteiger partial charge in [0.15, 0.2) is 15.7 Å². The van der Waals surface area contributed by atoms with Crippen LogP contribution in [0.5, 0.6) is 0 Å². The van der Waals surface area contributed by atoms with Gasteiger partial charge in [-0.2, -0.15) is 0 Å². The van der Waals surface area contributed by atoms with Crippen LogP contribution in [0.1, 0.15) is 11.3 Å². The maximum Gasteiger partial charge on any atom is 0.241 e. The summed E-state index contributed by atoms with van der Waals surface area (Å²) >= 11 is 0. The number of fused-ring (bicyclic) bond motifs is 1. The van der Waals surface area contributed by atoms with Gasteiger partial charge in [-0.25, -0.2) is 12.8 Å². The van der Waals surface area contributed by atoms with Crippen molar-refractivity contribution in [2.75, 3.05) is 11.1 Å². The highest BCUT2D eigenvalue weighted by Crippen LogP contribution is 2.27. The van der Waals surface area contributed by atoms with Gasteiger partial charge in [0.25, 0.3) is 0 Å². The Morgan fingerprint density at radius 1 is 1.17 bits per heavy atom. The lowest BCUT2D eigenvalue weighted by molar-refractivity contribution is -0.113. The van der Waals surface area contributed by atoms with Gasteiger partial charge in [0.1, 0.15) is 17.3 Å². The molecule has 4 rings (SSSR count). The first-order chi connectivity index (χ1) is 14.3. The third kappa shape index (κ3) is 3.97. The molecular weight excluding hydrogens is 409 g/mol.